The van der Waals surface area contributed by atoms with Gasteiger partial charge in [-0.05, 0) is 24.1 Å². The number of rotatable bonds is 2. The molecule has 0 amide bonds. The van der Waals surface area contributed by atoms with Gasteiger partial charge >= 0.3 is 0 Å². The van der Waals surface area contributed by atoms with Crippen LogP contribution in [0.5, 0.6) is 0 Å². The molecule has 2 nitrogen and oxygen atoms in total. The molecule has 0 aliphatic heterocycles. The molecular weight excluding hydrogens is 234 g/mol. The van der Waals surface area contributed by atoms with Crippen LogP contribution in [0.4, 0.5) is 0 Å². The number of hydrogen-bond acceptors (Lipinski definition) is 2. The fourth-order valence-electron chi connectivity index (χ4n) is 3.59. The van der Waals surface area contributed by atoms with Crippen LogP contribution in [0.1, 0.15) is 44.6 Å². The molecule has 1 aliphatic carbocycles. The highest BCUT2D eigenvalue weighted by atomic mass is 16.3. The van der Waals surface area contributed by atoms with E-state index in [4.69, 9.17) is 0 Å². The van der Waals surface area contributed by atoms with Crippen molar-refractivity contribution in [2.75, 3.05) is 0 Å². The van der Waals surface area contributed by atoms with Crippen molar-refractivity contribution in [2.45, 2.75) is 44.6 Å². The molecule has 2 unspecified atom stereocenters. The fourth-order valence-corrected chi connectivity index (χ4v) is 3.59. The summed E-state index contributed by atoms with van der Waals surface area (Å²) in [4.78, 5) is 4.34. The molecule has 1 aromatic heterocycles. The lowest BCUT2D eigenvalue weighted by molar-refractivity contribution is -0.0547. The van der Waals surface area contributed by atoms with E-state index < -0.39 is 5.60 Å². The predicted octanol–water partition coefficient (Wildman–Crippen LogP) is 4.02. The van der Waals surface area contributed by atoms with Gasteiger partial charge in [-0.25, -0.2) is 0 Å². The Bertz CT molecular complexity index is 575. The van der Waals surface area contributed by atoms with Crippen molar-refractivity contribution in [1.82, 2.24) is 4.98 Å². The quantitative estimate of drug-likeness (QED) is 0.879. The molecular formula is C17H21NO. The zero-order valence-corrected chi connectivity index (χ0v) is 11.5. The van der Waals surface area contributed by atoms with Gasteiger partial charge in [-0.2, -0.15) is 0 Å². The number of pyridine rings is 1. The number of aliphatic hydroxyl groups is 1. The number of fused-ring (bicyclic) bond motifs is 1. The summed E-state index contributed by atoms with van der Waals surface area (Å²) in [6.07, 6.45) is 9.11. The second-order valence-electron chi connectivity index (χ2n) is 5.68. The first-order chi connectivity index (χ1) is 9.25. The van der Waals surface area contributed by atoms with Crippen LogP contribution in [0, 0.1) is 5.92 Å². The van der Waals surface area contributed by atoms with Gasteiger partial charge in [-0.3, -0.25) is 4.98 Å². The van der Waals surface area contributed by atoms with Gasteiger partial charge in [0, 0.05) is 23.3 Å². The highest BCUT2D eigenvalue weighted by molar-refractivity contribution is 5.85. The molecule has 100 valence electrons. The molecule has 1 aromatic carbocycles. The Kier molecular flexibility index (Phi) is 3.28. The van der Waals surface area contributed by atoms with Crippen molar-refractivity contribution in [3.8, 4) is 0 Å². The molecule has 3 rings (SSSR count). The minimum atomic E-state index is -0.694. The topological polar surface area (TPSA) is 33.1 Å². The molecule has 0 bridgehead atoms. The molecule has 1 heterocycles. The zero-order chi connectivity index (χ0) is 13.3. The van der Waals surface area contributed by atoms with Gasteiger partial charge in [-0.1, -0.05) is 50.5 Å². The lowest BCUT2D eigenvalue weighted by atomic mass is 9.70. The van der Waals surface area contributed by atoms with Crippen LogP contribution in [0.15, 0.2) is 36.7 Å². The Labute approximate surface area is 114 Å². The van der Waals surface area contributed by atoms with Crippen molar-refractivity contribution in [3.63, 3.8) is 0 Å². The number of nitrogens with zero attached hydrogens (tertiary/aromatic N) is 1. The summed E-state index contributed by atoms with van der Waals surface area (Å²) in [6.45, 7) is 2.18. The van der Waals surface area contributed by atoms with E-state index in [2.05, 4.69) is 24.0 Å². The number of hydrogen-bond donors (Lipinski definition) is 1. The predicted molar refractivity (Wildman–Crippen MR) is 77.9 cm³/mol. The van der Waals surface area contributed by atoms with Gasteiger partial charge in [0.1, 0.15) is 0 Å². The van der Waals surface area contributed by atoms with Gasteiger partial charge in [0.05, 0.1) is 5.60 Å². The van der Waals surface area contributed by atoms with Crippen LogP contribution in [0.25, 0.3) is 10.8 Å². The first-order valence-corrected chi connectivity index (χ1v) is 7.31. The molecule has 2 aromatic rings. The first-order valence-electron chi connectivity index (χ1n) is 7.31. The van der Waals surface area contributed by atoms with Gasteiger partial charge in [0.2, 0.25) is 0 Å². The largest absolute Gasteiger partial charge is 0.385 e. The third-order valence-corrected chi connectivity index (χ3v) is 4.66. The molecule has 0 radical (unpaired) electrons. The Balaban J connectivity index is 2.16. The second-order valence-corrected chi connectivity index (χ2v) is 5.68. The molecule has 1 aliphatic rings. The molecule has 2 atom stereocenters. The molecule has 0 spiro atoms. The van der Waals surface area contributed by atoms with Gasteiger partial charge < -0.3 is 5.11 Å². The molecule has 1 N–H and O–H groups in total. The van der Waals surface area contributed by atoms with Crippen molar-refractivity contribution < 1.29 is 5.11 Å². The molecule has 1 fully saturated rings. The maximum absolute atomic E-state index is 11.3. The smallest absolute Gasteiger partial charge is 0.0945 e. The SMILES string of the molecule is CCC1CCCCC1(O)c1cncc2ccccc12. The van der Waals surface area contributed by atoms with E-state index in [9.17, 15) is 5.11 Å². The summed E-state index contributed by atoms with van der Waals surface area (Å²) in [5.41, 5.74) is 0.332. The second kappa shape index (κ2) is 4.93. The highest BCUT2D eigenvalue weighted by Crippen LogP contribution is 2.45. The average molecular weight is 255 g/mol. The summed E-state index contributed by atoms with van der Waals surface area (Å²) in [7, 11) is 0. The molecule has 19 heavy (non-hydrogen) atoms. The monoisotopic (exact) mass is 255 g/mol. The minimum absolute atomic E-state index is 0.355. The fraction of sp³-hybridized carbons (Fsp3) is 0.471. The van der Waals surface area contributed by atoms with Crippen LogP contribution in [0.3, 0.4) is 0 Å². The summed E-state index contributed by atoms with van der Waals surface area (Å²) in [5.74, 6) is 0.355. The van der Waals surface area contributed by atoms with E-state index in [1.807, 2.05) is 24.5 Å². The van der Waals surface area contributed by atoms with E-state index in [1.165, 1.54) is 6.42 Å². The highest BCUT2D eigenvalue weighted by Gasteiger charge is 2.40. The molecule has 2 heteroatoms. The van der Waals surface area contributed by atoms with Crippen LogP contribution in [-0.4, -0.2) is 10.1 Å². The summed E-state index contributed by atoms with van der Waals surface area (Å²) >= 11 is 0. The Morgan fingerprint density at radius 3 is 2.95 bits per heavy atom. The summed E-state index contributed by atoms with van der Waals surface area (Å²) in [6, 6.07) is 8.24. The molecule has 0 saturated heterocycles. The van der Waals surface area contributed by atoms with Crippen molar-refractivity contribution in [1.29, 1.82) is 0 Å². The van der Waals surface area contributed by atoms with Crippen molar-refractivity contribution in [3.05, 3.63) is 42.2 Å². The zero-order valence-electron chi connectivity index (χ0n) is 11.5. The Morgan fingerprint density at radius 2 is 2.11 bits per heavy atom. The van der Waals surface area contributed by atoms with E-state index in [1.54, 1.807) is 0 Å². The van der Waals surface area contributed by atoms with E-state index in [0.29, 0.717) is 5.92 Å². The molecule has 1 saturated carbocycles. The van der Waals surface area contributed by atoms with Gasteiger partial charge in [-0.15, -0.1) is 0 Å². The van der Waals surface area contributed by atoms with Crippen molar-refractivity contribution in [2.24, 2.45) is 5.92 Å². The lowest BCUT2D eigenvalue weighted by Gasteiger charge is -2.40. The lowest BCUT2D eigenvalue weighted by Crippen LogP contribution is -2.38. The minimum Gasteiger partial charge on any atom is -0.385 e. The average Bonchev–Trinajstić information content (AvgIpc) is 2.47. The van der Waals surface area contributed by atoms with E-state index >= 15 is 0 Å². The Morgan fingerprint density at radius 1 is 1.26 bits per heavy atom. The third kappa shape index (κ3) is 2.04. The van der Waals surface area contributed by atoms with Crippen molar-refractivity contribution >= 4 is 10.8 Å². The van der Waals surface area contributed by atoms with E-state index in [0.717, 1.165) is 42.0 Å². The standard InChI is InChI=1S/C17H21NO/c1-2-14-8-5-6-10-17(14,19)16-12-18-11-13-7-3-4-9-15(13)16/h3-4,7,9,11-12,14,19H,2,5-6,8,10H2,1H3. The summed E-state index contributed by atoms with van der Waals surface area (Å²) in [5, 5.41) is 13.5. The van der Waals surface area contributed by atoms with Crippen LogP contribution >= 0.6 is 0 Å². The van der Waals surface area contributed by atoms with E-state index in [-0.39, 0.29) is 0 Å². The maximum Gasteiger partial charge on any atom is 0.0945 e. The normalized spacial score (nSPS) is 27.6. The van der Waals surface area contributed by atoms with Crippen LogP contribution < -0.4 is 0 Å². The third-order valence-electron chi connectivity index (χ3n) is 4.66. The Hall–Kier alpha value is -1.41. The number of aromatic nitrogens is 1. The first kappa shape index (κ1) is 12.6. The summed E-state index contributed by atoms with van der Waals surface area (Å²) < 4.78 is 0. The van der Waals surface area contributed by atoms with Crippen LogP contribution in [-0.2, 0) is 5.60 Å². The van der Waals surface area contributed by atoms with Gasteiger partial charge in [0.25, 0.3) is 0 Å². The van der Waals surface area contributed by atoms with Gasteiger partial charge in [0.15, 0.2) is 0 Å². The maximum atomic E-state index is 11.3. The van der Waals surface area contributed by atoms with Crippen LogP contribution in [0.2, 0.25) is 0 Å². The number of benzene rings is 1.